The number of ether oxygens (including phenoxy) is 1. The normalized spacial score (nSPS) is 10.8. The zero-order valence-electron chi connectivity index (χ0n) is 15.3. The van der Waals surface area contributed by atoms with E-state index >= 15 is 0 Å². The summed E-state index contributed by atoms with van der Waals surface area (Å²) < 4.78 is 8.51. The lowest BCUT2D eigenvalue weighted by molar-refractivity contribution is -0.116. The van der Waals surface area contributed by atoms with E-state index in [9.17, 15) is 14.4 Å². The van der Waals surface area contributed by atoms with Gasteiger partial charge < -0.3 is 10.1 Å². The molecule has 1 amide bonds. The van der Waals surface area contributed by atoms with Crippen LogP contribution in [0.4, 0.5) is 5.69 Å². The van der Waals surface area contributed by atoms with Crippen molar-refractivity contribution in [1.82, 2.24) is 19.3 Å². The molecule has 0 fully saturated rings. The Kier molecular flexibility index (Phi) is 5.88. The summed E-state index contributed by atoms with van der Waals surface area (Å²) in [6.45, 7) is 1.92. The maximum atomic E-state index is 12.5. The predicted molar refractivity (Wildman–Crippen MR) is 106 cm³/mol. The van der Waals surface area contributed by atoms with Crippen molar-refractivity contribution in [2.45, 2.75) is 19.9 Å². The van der Waals surface area contributed by atoms with E-state index in [0.717, 1.165) is 0 Å². The van der Waals surface area contributed by atoms with Crippen molar-refractivity contribution in [2.24, 2.45) is 7.05 Å². The third-order valence-electron chi connectivity index (χ3n) is 3.94. The molecule has 1 N–H and O–H groups in total. The molecule has 10 heteroatoms. The lowest BCUT2D eigenvalue weighted by atomic mass is 10.2. The number of hydrogen-bond acceptors (Lipinski definition) is 6. The van der Waals surface area contributed by atoms with E-state index in [1.54, 1.807) is 25.2 Å². The molecular weight excluding hydrogens is 430 g/mol. The van der Waals surface area contributed by atoms with Crippen LogP contribution in [0.25, 0.3) is 11.0 Å². The second-order valence-corrected chi connectivity index (χ2v) is 6.97. The van der Waals surface area contributed by atoms with Crippen LogP contribution >= 0.6 is 15.9 Å². The van der Waals surface area contributed by atoms with Crippen molar-refractivity contribution < 1.29 is 14.3 Å². The van der Waals surface area contributed by atoms with Gasteiger partial charge in [-0.15, -0.1) is 0 Å². The molecule has 0 aliphatic carbocycles. The third-order valence-corrected chi connectivity index (χ3v) is 4.44. The van der Waals surface area contributed by atoms with Crippen LogP contribution in [-0.2, 0) is 23.1 Å². The van der Waals surface area contributed by atoms with E-state index < -0.39 is 11.9 Å². The highest BCUT2D eigenvalue weighted by Gasteiger charge is 2.17. The number of carbonyl (C=O) groups excluding carboxylic acids is 2. The van der Waals surface area contributed by atoms with E-state index in [-0.39, 0.29) is 24.3 Å². The van der Waals surface area contributed by atoms with Crippen LogP contribution in [0, 0.1) is 0 Å². The summed E-state index contributed by atoms with van der Waals surface area (Å²) in [7, 11) is 1.68. The quantitative estimate of drug-likeness (QED) is 0.579. The predicted octanol–water partition coefficient (Wildman–Crippen LogP) is 2.10. The third kappa shape index (κ3) is 4.11. The van der Waals surface area contributed by atoms with Crippen molar-refractivity contribution in [3.05, 3.63) is 51.1 Å². The number of anilines is 1. The Morgan fingerprint density at radius 2 is 2.11 bits per heavy atom. The number of nitrogens with zero attached hydrogens (tertiary/aromatic N) is 4. The van der Waals surface area contributed by atoms with Crippen molar-refractivity contribution in [1.29, 1.82) is 0 Å². The van der Waals surface area contributed by atoms with Gasteiger partial charge in [0.2, 0.25) is 5.91 Å². The van der Waals surface area contributed by atoms with Gasteiger partial charge in [-0.05, 0) is 24.6 Å². The number of aryl methyl sites for hydroxylation is 1. The Balaban J connectivity index is 1.81. The number of hydrogen-bond donors (Lipinski definition) is 1. The van der Waals surface area contributed by atoms with E-state index in [0.29, 0.717) is 27.6 Å². The fourth-order valence-electron chi connectivity index (χ4n) is 2.59. The average molecular weight is 448 g/mol. The van der Waals surface area contributed by atoms with Gasteiger partial charge in [-0.2, -0.15) is 5.10 Å². The summed E-state index contributed by atoms with van der Waals surface area (Å²) in [5.74, 6) is -1.01. The molecule has 9 nitrogen and oxygen atoms in total. The molecule has 2 heterocycles. The van der Waals surface area contributed by atoms with Gasteiger partial charge in [-0.25, -0.2) is 9.78 Å². The lowest BCUT2D eigenvalue weighted by Crippen LogP contribution is -2.28. The minimum atomic E-state index is -0.533. The first-order chi connectivity index (χ1) is 13.4. The van der Waals surface area contributed by atoms with E-state index in [2.05, 4.69) is 31.3 Å². The van der Waals surface area contributed by atoms with E-state index in [1.165, 1.54) is 21.8 Å². The van der Waals surface area contributed by atoms with Crippen molar-refractivity contribution in [2.75, 3.05) is 11.9 Å². The molecule has 0 aliphatic rings. The number of aromatic nitrogens is 4. The molecule has 0 atom stereocenters. The molecule has 3 aromatic rings. The summed E-state index contributed by atoms with van der Waals surface area (Å²) in [6.07, 6.45) is 3.40. The molecule has 0 radical (unpaired) electrons. The largest absolute Gasteiger partial charge is 0.462 e. The Labute approximate surface area is 168 Å². The molecule has 3 rings (SSSR count). The SMILES string of the molecule is CCCOC(=O)c1cc(Br)ccc1NC(=O)Cn1cnc2c(cnn2C)c1=O. The molecule has 0 saturated carbocycles. The Bertz CT molecular complexity index is 1110. The highest BCUT2D eigenvalue weighted by atomic mass is 79.9. The van der Waals surface area contributed by atoms with E-state index in [4.69, 9.17) is 4.74 Å². The average Bonchev–Trinajstić information content (AvgIpc) is 3.05. The van der Waals surface area contributed by atoms with Crippen LogP contribution in [0.5, 0.6) is 0 Å². The highest BCUT2D eigenvalue weighted by molar-refractivity contribution is 9.10. The van der Waals surface area contributed by atoms with Crippen LogP contribution in [-0.4, -0.2) is 37.8 Å². The van der Waals surface area contributed by atoms with Gasteiger partial charge in [0, 0.05) is 11.5 Å². The second-order valence-electron chi connectivity index (χ2n) is 6.06. The maximum absolute atomic E-state index is 12.5. The van der Waals surface area contributed by atoms with Crippen LogP contribution < -0.4 is 10.9 Å². The van der Waals surface area contributed by atoms with Gasteiger partial charge in [-0.1, -0.05) is 22.9 Å². The van der Waals surface area contributed by atoms with Gasteiger partial charge >= 0.3 is 5.97 Å². The van der Waals surface area contributed by atoms with Gasteiger partial charge in [0.15, 0.2) is 5.65 Å². The summed E-state index contributed by atoms with van der Waals surface area (Å²) in [5, 5.41) is 6.97. The van der Waals surface area contributed by atoms with Crippen molar-refractivity contribution in [3.8, 4) is 0 Å². The number of rotatable bonds is 6. The van der Waals surface area contributed by atoms with Gasteiger partial charge in [0.05, 0.1) is 24.1 Å². The number of halogens is 1. The van der Waals surface area contributed by atoms with Gasteiger partial charge in [0.1, 0.15) is 18.3 Å². The zero-order valence-corrected chi connectivity index (χ0v) is 16.9. The molecule has 0 unspecified atom stereocenters. The van der Waals surface area contributed by atoms with Crippen LogP contribution in [0.2, 0.25) is 0 Å². The molecule has 0 bridgehead atoms. The molecular formula is C18H18BrN5O4. The first-order valence-corrected chi connectivity index (χ1v) is 9.33. The summed E-state index contributed by atoms with van der Waals surface area (Å²) in [6, 6.07) is 4.86. The van der Waals surface area contributed by atoms with Crippen LogP contribution in [0.1, 0.15) is 23.7 Å². The summed E-state index contributed by atoms with van der Waals surface area (Å²) in [4.78, 5) is 41.3. The number of fused-ring (bicyclic) bond motifs is 1. The van der Waals surface area contributed by atoms with Crippen LogP contribution in [0.3, 0.4) is 0 Å². The monoisotopic (exact) mass is 447 g/mol. The van der Waals surface area contributed by atoms with E-state index in [1.807, 2.05) is 6.92 Å². The van der Waals surface area contributed by atoms with Gasteiger partial charge in [-0.3, -0.25) is 18.8 Å². The number of esters is 1. The fraction of sp³-hybridized carbons (Fsp3) is 0.278. The first kappa shape index (κ1) is 19.7. The Morgan fingerprint density at radius 3 is 2.86 bits per heavy atom. The molecule has 146 valence electrons. The topological polar surface area (TPSA) is 108 Å². The number of carbonyl (C=O) groups is 2. The number of benzene rings is 1. The fourth-order valence-corrected chi connectivity index (χ4v) is 2.95. The smallest absolute Gasteiger partial charge is 0.340 e. The molecule has 1 aromatic carbocycles. The number of nitrogens with one attached hydrogen (secondary N) is 1. The molecule has 0 saturated heterocycles. The molecule has 0 aliphatic heterocycles. The Hall–Kier alpha value is -3.01. The molecule has 2 aromatic heterocycles. The van der Waals surface area contributed by atoms with Crippen LogP contribution in [0.15, 0.2) is 40.0 Å². The lowest BCUT2D eigenvalue weighted by Gasteiger charge is -2.12. The van der Waals surface area contributed by atoms with Gasteiger partial charge in [0.25, 0.3) is 5.56 Å². The Morgan fingerprint density at radius 1 is 1.32 bits per heavy atom. The number of amides is 1. The second kappa shape index (κ2) is 8.34. The minimum Gasteiger partial charge on any atom is -0.462 e. The highest BCUT2D eigenvalue weighted by Crippen LogP contribution is 2.22. The summed E-state index contributed by atoms with van der Waals surface area (Å²) >= 11 is 3.31. The first-order valence-electron chi connectivity index (χ1n) is 8.54. The van der Waals surface area contributed by atoms with Crippen molar-refractivity contribution >= 4 is 44.5 Å². The minimum absolute atomic E-state index is 0.226. The summed E-state index contributed by atoms with van der Waals surface area (Å²) in [5.41, 5.74) is 0.601. The maximum Gasteiger partial charge on any atom is 0.340 e. The molecule has 28 heavy (non-hydrogen) atoms. The zero-order chi connectivity index (χ0) is 20.3. The standard InChI is InChI=1S/C18H18BrN5O4/c1-3-6-28-18(27)12-7-11(19)4-5-14(12)22-15(25)9-24-10-20-16-13(17(24)26)8-21-23(16)2/h4-5,7-8,10H,3,6,9H2,1-2H3,(H,22,25). The van der Waals surface area contributed by atoms with Crippen molar-refractivity contribution in [3.63, 3.8) is 0 Å². The molecule has 0 spiro atoms.